The van der Waals surface area contributed by atoms with Crippen LogP contribution in [0.25, 0.3) is 0 Å². The first kappa shape index (κ1) is 10.1. The fraction of sp³-hybridized carbons (Fsp3) is 0.846. The molecule has 3 aliphatic rings. The van der Waals surface area contributed by atoms with Gasteiger partial charge in [-0.2, -0.15) is 4.98 Å². The van der Waals surface area contributed by atoms with E-state index in [0.29, 0.717) is 11.8 Å². The fourth-order valence-corrected chi connectivity index (χ4v) is 3.99. The van der Waals surface area contributed by atoms with E-state index in [1.165, 1.54) is 25.7 Å². The average Bonchev–Trinajstić information content (AvgIpc) is 3.12. The van der Waals surface area contributed by atoms with Crippen LogP contribution in [0.2, 0.25) is 0 Å². The van der Waals surface area contributed by atoms with Gasteiger partial charge in [0.1, 0.15) is 0 Å². The van der Waals surface area contributed by atoms with Crippen molar-refractivity contribution in [2.45, 2.75) is 43.9 Å². The molecule has 0 amide bonds. The van der Waals surface area contributed by atoms with Gasteiger partial charge in [-0.1, -0.05) is 11.6 Å². The summed E-state index contributed by atoms with van der Waals surface area (Å²) < 4.78 is 5.47. The lowest BCUT2D eigenvalue weighted by atomic mass is 9.88. The summed E-state index contributed by atoms with van der Waals surface area (Å²) in [6.07, 6.45) is 6.65. The van der Waals surface area contributed by atoms with E-state index in [2.05, 4.69) is 15.5 Å². The minimum atomic E-state index is 0.454. The number of nitrogens with one attached hydrogen (secondary N) is 1. The molecule has 0 aromatic carbocycles. The van der Waals surface area contributed by atoms with Crippen LogP contribution in [0.15, 0.2) is 4.52 Å². The summed E-state index contributed by atoms with van der Waals surface area (Å²) in [5.41, 5.74) is 0. The molecule has 0 spiro atoms. The van der Waals surface area contributed by atoms with Crippen LogP contribution >= 0.6 is 0 Å². The lowest BCUT2D eigenvalue weighted by Crippen LogP contribution is -2.11. The van der Waals surface area contributed by atoms with Crippen molar-refractivity contribution in [2.75, 3.05) is 13.1 Å². The van der Waals surface area contributed by atoms with Crippen LogP contribution in [0.1, 0.15) is 55.7 Å². The monoisotopic (exact) mass is 233 g/mol. The second-order valence-corrected chi connectivity index (χ2v) is 5.96. The predicted octanol–water partition coefficient (Wildman–Crippen LogP) is 2.05. The van der Waals surface area contributed by atoms with Gasteiger partial charge in [-0.3, -0.25) is 0 Å². The molecule has 4 heteroatoms. The maximum absolute atomic E-state index is 5.47. The van der Waals surface area contributed by atoms with Crippen LogP contribution in [0, 0.1) is 11.8 Å². The van der Waals surface area contributed by atoms with Gasteiger partial charge in [0, 0.05) is 12.5 Å². The smallest absolute Gasteiger partial charge is 0.231 e. The molecular weight excluding hydrogens is 214 g/mol. The topological polar surface area (TPSA) is 51.0 Å². The van der Waals surface area contributed by atoms with Crippen LogP contribution in [-0.4, -0.2) is 23.2 Å². The Morgan fingerprint density at radius 1 is 1.18 bits per heavy atom. The molecule has 2 saturated carbocycles. The van der Waals surface area contributed by atoms with Crippen molar-refractivity contribution in [3.63, 3.8) is 0 Å². The van der Waals surface area contributed by atoms with Crippen LogP contribution in [0.3, 0.4) is 0 Å². The highest BCUT2D eigenvalue weighted by Gasteiger charge is 2.42. The zero-order chi connectivity index (χ0) is 11.2. The number of rotatable bonds is 2. The van der Waals surface area contributed by atoms with Crippen molar-refractivity contribution in [3.8, 4) is 0 Å². The number of aromatic nitrogens is 2. The van der Waals surface area contributed by atoms with Gasteiger partial charge in [0.2, 0.25) is 5.89 Å². The maximum Gasteiger partial charge on any atom is 0.231 e. The predicted molar refractivity (Wildman–Crippen MR) is 62.7 cm³/mol. The number of hydrogen-bond acceptors (Lipinski definition) is 4. The van der Waals surface area contributed by atoms with Gasteiger partial charge in [0.25, 0.3) is 0 Å². The summed E-state index contributed by atoms with van der Waals surface area (Å²) >= 11 is 0. The van der Waals surface area contributed by atoms with Gasteiger partial charge in [-0.15, -0.1) is 0 Å². The summed E-state index contributed by atoms with van der Waals surface area (Å²) in [6, 6.07) is 0. The molecule has 1 aromatic rings. The largest absolute Gasteiger partial charge is 0.339 e. The van der Waals surface area contributed by atoms with Crippen molar-refractivity contribution in [1.29, 1.82) is 0 Å². The summed E-state index contributed by atoms with van der Waals surface area (Å²) in [4.78, 5) is 4.68. The van der Waals surface area contributed by atoms with Gasteiger partial charge < -0.3 is 9.84 Å². The zero-order valence-corrected chi connectivity index (χ0v) is 10.1. The van der Waals surface area contributed by atoms with Gasteiger partial charge in [-0.05, 0) is 44.1 Å². The first-order valence-electron chi connectivity index (χ1n) is 6.94. The molecule has 2 aliphatic carbocycles. The highest BCUT2D eigenvalue weighted by molar-refractivity contribution is 5.08. The lowest BCUT2D eigenvalue weighted by Gasteiger charge is -2.17. The van der Waals surface area contributed by atoms with Crippen molar-refractivity contribution < 1.29 is 4.52 Å². The van der Waals surface area contributed by atoms with E-state index in [1.54, 1.807) is 0 Å². The fourth-order valence-electron chi connectivity index (χ4n) is 3.99. The molecule has 4 atom stereocenters. The van der Waals surface area contributed by atoms with E-state index in [0.717, 1.165) is 43.1 Å². The maximum atomic E-state index is 5.47. The Morgan fingerprint density at radius 2 is 2.18 bits per heavy atom. The summed E-state index contributed by atoms with van der Waals surface area (Å²) in [7, 11) is 0. The highest BCUT2D eigenvalue weighted by atomic mass is 16.5. The molecule has 4 unspecified atom stereocenters. The molecule has 4 nitrogen and oxygen atoms in total. The quantitative estimate of drug-likeness (QED) is 0.849. The second kappa shape index (κ2) is 3.80. The lowest BCUT2D eigenvalue weighted by molar-refractivity contribution is 0.340. The third kappa shape index (κ3) is 1.61. The van der Waals surface area contributed by atoms with E-state index >= 15 is 0 Å². The molecule has 1 aliphatic heterocycles. The standard InChI is InChI=1S/C13H19N3O/c1-2-9-5-8(1)6-11(9)12-15-13(17-16-12)10-3-4-14-7-10/h8-11,14H,1-7H2. The molecule has 1 aromatic heterocycles. The average molecular weight is 233 g/mol. The van der Waals surface area contributed by atoms with E-state index in [4.69, 9.17) is 4.52 Å². The first-order valence-corrected chi connectivity index (χ1v) is 6.94. The van der Waals surface area contributed by atoms with Crippen molar-refractivity contribution in [1.82, 2.24) is 15.5 Å². The molecule has 2 heterocycles. The third-order valence-electron chi connectivity index (χ3n) is 4.94. The van der Waals surface area contributed by atoms with E-state index < -0.39 is 0 Å². The Balaban J connectivity index is 1.54. The molecule has 1 saturated heterocycles. The molecule has 92 valence electrons. The van der Waals surface area contributed by atoms with Gasteiger partial charge in [0.05, 0.1) is 5.92 Å². The first-order chi connectivity index (χ1) is 8.40. The Hall–Kier alpha value is -0.900. The molecule has 17 heavy (non-hydrogen) atoms. The van der Waals surface area contributed by atoms with Gasteiger partial charge in [0.15, 0.2) is 5.82 Å². The van der Waals surface area contributed by atoms with E-state index in [9.17, 15) is 0 Å². The van der Waals surface area contributed by atoms with Crippen molar-refractivity contribution in [2.24, 2.45) is 11.8 Å². The second-order valence-electron chi connectivity index (χ2n) is 5.96. The van der Waals surface area contributed by atoms with Crippen LogP contribution < -0.4 is 5.32 Å². The van der Waals surface area contributed by atoms with E-state index in [-0.39, 0.29) is 0 Å². The Morgan fingerprint density at radius 3 is 2.88 bits per heavy atom. The SMILES string of the molecule is C1CC(c2nc(C3CC4CCC3C4)no2)CN1. The van der Waals surface area contributed by atoms with Gasteiger partial charge >= 0.3 is 0 Å². The minimum absolute atomic E-state index is 0.454. The Bertz CT molecular complexity index is 411. The highest BCUT2D eigenvalue weighted by Crippen LogP contribution is 2.52. The molecule has 1 N–H and O–H groups in total. The Kier molecular flexibility index (Phi) is 2.25. The van der Waals surface area contributed by atoms with E-state index in [1.807, 2.05) is 0 Å². The molecular formula is C13H19N3O. The minimum Gasteiger partial charge on any atom is -0.339 e. The van der Waals surface area contributed by atoms with Crippen molar-refractivity contribution in [3.05, 3.63) is 11.7 Å². The number of nitrogens with zero attached hydrogens (tertiary/aromatic N) is 2. The number of hydrogen-bond donors (Lipinski definition) is 1. The number of fused-ring (bicyclic) bond motifs is 2. The summed E-state index contributed by atoms with van der Waals surface area (Å²) in [5, 5.41) is 7.60. The molecule has 3 fully saturated rings. The van der Waals surface area contributed by atoms with Crippen molar-refractivity contribution >= 4 is 0 Å². The third-order valence-corrected chi connectivity index (χ3v) is 4.94. The van der Waals surface area contributed by atoms with Gasteiger partial charge in [-0.25, -0.2) is 0 Å². The molecule has 0 radical (unpaired) electrons. The van der Waals surface area contributed by atoms with Crippen LogP contribution in [-0.2, 0) is 0 Å². The normalized spacial score (nSPS) is 40.2. The van der Waals surface area contributed by atoms with Crippen LogP contribution in [0.4, 0.5) is 0 Å². The summed E-state index contributed by atoms with van der Waals surface area (Å²) in [5.74, 6) is 4.70. The zero-order valence-electron chi connectivity index (χ0n) is 10.1. The Labute approximate surface area is 101 Å². The summed E-state index contributed by atoms with van der Waals surface area (Å²) in [6.45, 7) is 2.08. The molecule has 4 rings (SSSR count). The van der Waals surface area contributed by atoms with Crippen LogP contribution in [0.5, 0.6) is 0 Å². The molecule has 2 bridgehead atoms.